The van der Waals surface area contributed by atoms with Crippen LogP contribution < -0.4 is 4.90 Å². The molecule has 0 saturated carbocycles. The van der Waals surface area contributed by atoms with Gasteiger partial charge in [-0.25, -0.2) is 4.98 Å². The largest absolute Gasteiger partial charge is 0.379 e. The summed E-state index contributed by atoms with van der Waals surface area (Å²) in [6.45, 7) is 9.95. The Bertz CT molecular complexity index is 999. The molecule has 3 heterocycles. The van der Waals surface area contributed by atoms with Gasteiger partial charge in [-0.15, -0.1) is 12.4 Å². The molecule has 31 heavy (non-hydrogen) atoms. The molecule has 0 aliphatic carbocycles. The summed E-state index contributed by atoms with van der Waals surface area (Å²) < 4.78 is 8.34. The van der Waals surface area contributed by atoms with Crippen LogP contribution in [0.1, 0.15) is 36.3 Å². The van der Waals surface area contributed by atoms with Gasteiger partial charge >= 0.3 is 0 Å². The van der Waals surface area contributed by atoms with Crippen molar-refractivity contribution in [1.29, 1.82) is 0 Å². The van der Waals surface area contributed by atoms with E-state index in [-0.39, 0.29) is 18.3 Å². The van der Waals surface area contributed by atoms with Gasteiger partial charge in [-0.2, -0.15) is 5.10 Å². The molecule has 1 aromatic carbocycles. The van der Waals surface area contributed by atoms with Gasteiger partial charge in [-0.1, -0.05) is 24.3 Å². The van der Waals surface area contributed by atoms with E-state index >= 15 is 0 Å². The van der Waals surface area contributed by atoms with Gasteiger partial charge in [0.1, 0.15) is 0 Å². The molecule has 168 valence electrons. The van der Waals surface area contributed by atoms with Gasteiger partial charge in [0, 0.05) is 38.9 Å². The number of ether oxygens (including phenoxy) is 1. The predicted molar refractivity (Wildman–Crippen MR) is 128 cm³/mol. The molecule has 1 saturated heterocycles. The van der Waals surface area contributed by atoms with Crippen molar-refractivity contribution in [3.05, 3.63) is 41.7 Å². The standard InChI is InChI=1S/C22H29N5O2S.ClH/c1-3-17-6-7-18-20(16-17)30-22(23-18)27(10-5-9-25-12-14-29-15-13-25)21(28)19-8-11-26(4-2)24-19;/h6-8,11,16H,3-5,9-10,12-15H2,1-2H3;1H. The first-order chi connectivity index (χ1) is 14.7. The number of anilines is 1. The molecule has 1 aliphatic heterocycles. The first kappa shape index (κ1) is 23.7. The first-order valence-corrected chi connectivity index (χ1v) is 11.5. The average Bonchev–Trinajstić information content (AvgIpc) is 3.43. The van der Waals surface area contributed by atoms with Crippen molar-refractivity contribution in [1.82, 2.24) is 19.7 Å². The number of rotatable bonds is 8. The smallest absolute Gasteiger partial charge is 0.280 e. The van der Waals surface area contributed by atoms with Crippen LogP contribution >= 0.6 is 23.7 Å². The van der Waals surface area contributed by atoms with E-state index < -0.39 is 0 Å². The third-order valence-corrected chi connectivity index (χ3v) is 6.51. The number of nitrogens with zero attached hydrogens (tertiary/aromatic N) is 5. The van der Waals surface area contributed by atoms with Crippen LogP contribution in [-0.2, 0) is 17.7 Å². The topological polar surface area (TPSA) is 63.5 Å². The maximum absolute atomic E-state index is 13.3. The van der Waals surface area contributed by atoms with Crippen LogP contribution in [0.4, 0.5) is 5.13 Å². The quantitative estimate of drug-likeness (QED) is 0.507. The Labute approximate surface area is 193 Å². The molecule has 3 aromatic rings. The molecular weight excluding hydrogens is 434 g/mol. The summed E-state index contributed by atoms with van der Waals surface area (Å²) in [6.07, 6.45) is 3.72. The van der Waals surface area contributed by atoms with Gasteiger partial charge in [0.15, 0.2) is 10.8 Å². The molecule has 4 rings (SSSR count). The fraction of sp³-hybridized carbons (Fsp3) is 0.500. The van der Waals surface area contributed by atoms with E-state index in [4.69, 9.17) is 9.72 Å². The number of carbonyl (C=O) groups is 1. The first-order valence-electron chi connectivity index (χ1n) is 10.7. The van der Waals surface area contributed by atoms with Crippen molar-refractivity contribution < 1.29 is 9.53 Å². The average molecular weight is 464 g/mol. The molecule has 0 bridgehead atoms. The fourth-order valence-electron chi connectivity index (χ4n) is 3.64. The lowest BCUT2D eigenvalue weighted by Crippen LogP contribution is -2.39. The SMILES string of the molecule is CCc1ccc2nc(N(CCCN3CCOCC3)C(=O)c3ccn(CC)n3)sc2c1.Cl. The fourth-order valence-corrected chi connectivity index (χ4v) is 4.70. The minimum absolute atomic E-state index is 0. The minimum atomic E-state index is -0.0843. The van der Waals surface area contributed by atoms with Gasteiger partial charge in [-0.05, 0) is 43.5 Å². The highest BCUT2D eigenvalue weighted by Gasteiger charge is 2.23. The molecule has 2 aromatic heterocycles. The van der Waals surface area contributed by atoms with E-state index in [9.17, 15) is 4.79 Å². The number of hydrogen-bond donors (Lipinski definition) is 0. The Morgan fingerprint density at radius 2 is 2.03 bits per heavy atom. The number of halogens is 1. The molecule has 9 heteroatoms. The van der Waals surface area contributed by atoms with Gasteiger partial charge in [0.25, 0.3) is 5.91 Å². The number of aryl methyl sites for hydroxylation is 2. The number of fused-ring (bicyclic) bond motifs is 1. The second-order valence-corrected chi connectivity index (χ2v) is 8.48. The van der Waals surface area contributed by atoms with Crippen LogP contribution in [0, 0.1) is 0 Å². The summed E-state index contributed by atoms with van der Waals surface area (Å²) >= 11 is 1.58. The van der Waals surface area contributed by atoms with E-state index in [2.05, 4.69) is 35.1 Å². The zero-order chi connectivity index (χ0) is 20.9. The summed E-state index contributed by atoms with van der Waals surface area (Å²) in [7, 11) is 0. The van der Waals surface area contributed by atoms with Gasteiger partial charge in [0.2, 0.25) is 0 Å². The maximum Gasteiger partial charge on any atom is 0.280 e. The van der Waals surface area contributed by atoms with Gasteiger partial charge in [-0.3, -0.25) is 19.3 Å². The Morgan fingerprint density at radius 1 is 1.23 bits per heavy atom. The van der Waals surface area contributed by atoms with Crippen LogP contribution in [0.25, 0.3) is 10.2 Å². The Hall–Kier alpha value is -2.00. The number of amides is 1. The van der Waals surface area contributed by atoms with Crippen molar-refractivity contribution in [3.63, 3.8) is 0 Å². The Balaban J connectivity index is 0.00000272. The molecular formula is C22H30ClN5O2S. The predicted octanol–water partition coefficient (Wildman–Crippen LogP) is 3.87. The van der Waals surface area contributed by atoms with Crippen LogP contribution in [0.2, 0.25) is 0 Å². The lowest BCUT2D eigenvalue weighted by molar-refractivity contribution is 0.0376. The van der Waals surface area contributed by atoms with E-state index in [1.807, 2.05) is 13.1 Å². The minimum Gasteiger partial charge on any atom is -0.379 e. The van der Waals surface area contributed by atoms with Crippen LogP contribution in [-0.4, -0.2) is 65.0 Å². The van der Waals surface area contributed by atoms with Gasteiger partial charge in [0.05, 0.1) is 23.4 Å². The number of morpholine rings is 1. The Morgan fingerprint density at radius 3 is 2.74 bits per heavy atom. The number of hydrogen-bond acceptors (Lipinski definition) is 6. The number of carbonyl (C=O) groups excluding carboxylic acids is 1. The molecule has 0 unspecified atom stereocenters. The molecule has 1 fully saturated rings. The molecule has 1 amide bonds. The van der Waals surface area contributed by atoms with E-state index in [0.717, 1.165) is 67.6 Å². The van der Waals surface area contributed by atoms with Gasteiger partial charge < -0.3 is 4.74 Å². The van der Waals surface area contributed by atoms with Crippen LogP contribution in [0.3, 0.4) is 0 Å². The Kier molecular flexibility index (Phi) is 8.43. The van der Waals surface area contributed by atoms with Crippen molar-refractivity contribution in [2.45, 2.75) is 33.2 Å². The normalized spacial score (nSPS) is 14.5. The van der Waals surface area contributed by atoms with Crippen molar-refractivity contribution in [3.8, 4) is 0 Å². The summed E-state index contributed by atoms with van der Waals surface area (Å²) in [5.41, 5.74) is 2.69. The lowest BCUT2D eigenvalue weighted by atomic mass is 10.2. The molecule has 0 atom stereocenters. The molecule has 1 aliphatic rings. The van der Waals surface area contributed by atoms with Crippen molar-refractivity contribution >= 4 is 45.0 Å². The molecule has 0 N–H and O–H groups in total. The molecule has 7 nitrogen and oxygen atoms in total. The summed E-state index contributed by atoms with van der Waals surface area (Å²) in [6, 6.07) is 8.14. The zero-order valence-electron chi connectivity index (χ0n) is 18.1. The third-order valence-electron chi connectivity index (χ3n) is 5.47. The summed E-state index contributed by atoms with van der Waals surface area (Å²) in [4.78, 5) is 22.3. The molecule has 0 radical (unpaired) electrons. The second-order valence-electron chi connectivity index (χ2n) is 7.47. The highest BCUT2D eigenvalue weighted by Crippen LogP contribution is 2.30. The van der Waals surface area contributed by atoms with E-state index in [0.29, 0.717) is 12.2 Å². The monoisotopic (exact) mass is 463 g/mol. The number of benzene rings is 1. The van der Waals surface area contributed by atoms with Crippen LogP contribution in [0.5, 0.6) is 0 Å². The highest BCUT2D eigenvalue weighted by atomic mass is 35.5. The lowest BCUT2D eigenvalue weighted by Gasteiger charge is -2.27. The number of aromatic nitrogens is 3. The summed E-state index contributed by atoms with van der Waals surface area (Å²) in [5.74, 6) is -0.0843. The van der Waals surface area contributed by atoms with E-state index in [1.54, 1.807) is 27.0 Å². The van der Waals surface area contributed by atoms with Crippen LogP contribution in [0.15, 0.2) is 30.5 Å². The van der Waals surface area contributed by atoms with E-state index in [1.165, 1.54) is 5.56 Å². The molecule has 0 spiro atoms. The maximum atomic E-state index is 13.3. The van der Waals surface area contributed by atoms with Crippen molar-refractivity contribution in [2.24, 2.45) is 0 Å². The zero-order valence-corrected chi connectivity index (χ0v) is 19.8. The second kappa shape index (κ2) is 11.0. The number of thiazole rings is 1. The third kappa shape index (κ3) is 5.63. The summed E-state index contributed by atoms with van der Waals surface area (Å²) in [5, 5.41) is 5.18. The highest BCUT2D eigenvalue weighted by molar-refractivity contribution is 7.22. The van der Waals surface area contributed by atoms with Crippen molar-refractivity contribution in [2.75, 3.05) is 44.3 Å².